The first-order valence-corrected chi connectivity index (χ1v) is 10.8. The van der Waals surface area contributed by atoms with Crippen LogP contribution in [0.15, 0.2) is 52.8 Å². The fraction of sp³-hybridized carbons (Fsp3) is 0.304. The summed E-state index contributed by atoms with van der Waals surface area (Å²) in [6.07, 6.45) is 0. The third-order valence-corrected chi connectivity index (χ3v) is 6.53. The monoisotopic (exact) mass is 439 g/mol. The molecule has 1 amide bonds. The van der Waals surface area contributed by atoms with Crippen molar-refractivity contribution in [2.45, 2.75) is 36.6 Å². The third-order valence-electron chi connectivity index (χ3n) is 5.29. The smallest absolute Gasteiger partial charge is 0.283 e. The molecule has 1 aliphatic heterocycles. The molecule has 1 heterocycles. The van der Waals surface area contributed by atoms with E-state index < -0.39 is 11.0 Å². The molecule has 0 aromatic heterocycles. The molecule has 2 aromatic carbocycles. The number of benzene rings is 2. The topological polar surface area (TPSA) is 92.6 Å². The Labute approximate surface area is 185 Å². The highest BCUT2D eigenvalue weighted by atomic mass is 32.2. The van der Waals surface area contributed by atoms with Gasteiger partial charge in [0.25, 0.3) is 11.6 Å². The maximum absolute atomic E-state index is 13.0. The zero-order chi connectivity index (χ0) is 22.7. The second-order valence-electron chi connectivity index (χ2n) is 7.62. The average molecular weight is 440 g/mol. The van der Waals surface area contributed by atoms with Gasteiger partial charge in [-0.3, -0.25) is 19.7 Å². The number of ketones is 1. The molecule has 0 bridgehead atoms. The lowest BCUT2D eigenvalue weighted by Crippen LogP contribution is -2.56. The van der Waals surface area contributed by atoms with E-state index in [-0.39, 0.29) is 23.0 Å². The minimum Gasteiger partial charge on any atom is -0.326 e. The number of piperazine rings is 1. The van der Waals surface area contributed by atoms with Gasteiger partial charge < -0.3 is 10.2 Å². The number of rotatable bonds is 6. The number of nitrogens with one attached hydrogen (secondary N) is 1. The molecule has 7 nitrogen and oxygen atoms in total. The van der Waals surface area contributed by atoms with E-state index in [1.54, 1.807) is 12.1 Å². The molecule has 2 aromatic rings. The van der Waals surface area contributed by atoms with Gasteiger partial charge in [-0.05, 0) is 44.0 Å². The summed E-state index contributed by atoms with van der Waals surface area (Å²) < 4.78 is 0. The van der Waals surface area contributed by atoms with Crippen LogP contribution in [-0.2, 0) is 9.59 Å². The Morgan fingerprint density at radius 1 is 1.19 bits per heavy atom. The molecule has 0 spiro atoms. The van der Waals surface area contributed by atoms with Crippen molar-refractivity contribution < 1.29 is 14.5 Å². The third kappa shape index (κ3) is 5.03. The van der Waals surface area contributed by atoms with Crippen molar-refractivity contribution in [3.63, 3.8) is 0 Å². The van der Waals surface area contributed by atoms with Crippen LogP contribution in [0, 0.1) is 24.0 Å². The van der Waals surface area contributed by atoms with Crippen LogP contribution < -0.4 is 5.32 Å². The molecule has 1 atom stereocenters. The van der Waals surface area contributed by atoms with Crippen LogP contribution >= 0.6 is 11.8 Å². The van der Waals surface area contributed by atoms with Gasteiger partial charge in [-0.15, -0.1) is 0 Å². The van der Waals surface area contributed by atoms with Crippen LogP contribution in [0.25, 0.3) is 5.57 Å². The number of Topliss-reactive ketones (excluding diaryl/α,β-unsaturated/α-hetero) is 1. The van der Waals surface area contributed by atoms with Crippen LogP contribution in [0.4, 0.5) is 5.69 Å². The highest BCUT2D eigenvalue weighted by molar-refractivity contribution is 7.99. The lowest BCUT2D eigenvalue weighted by molar-refractivity contribution is -0.387. The number of amides is 1. The molecule has 1 fully saturated rings. The van der Waals surface area contributed by atoms with E-state index >= 15 is 0 Å². The second-order valence-corrected chi connectivity index (χ2v) is 8.70. The molecule has 0 saturated carbocycles. The number of aryl methyl sites for hydroxylation is 2. The quantitative estimate of drug-likeness (QED) is 0.418. The molecule has 0 aliphatic carbocycles. The van der Waals surface area contributed by atoms with E-state index in [1.807, 2.05) is 32.0 Å². The summed E-state index contributed by atoms with van der Waals surface area (Å²) in [5.74, 6) is -0.495. The Bertz CT molecular complexity index is 1070. The number of hydrogen-bond acceptors (Lipinski definition) is 6. The Balaban J connectivity index is 1.89. The number of nitro benzene ring substituents is 1. The standard InChI is InChI=1S/C23H25N3O4S/c1-14-5-7-21(15(2)11-14)31-22-8-6-18(12-19(22)26(29)30)16(3)23(28)25-10-9-24-13-20(25)17(4)27/h5-8,11-12,20,24H,3,9-10,13H2,1-2,4H3. The van der Waals surface area contributed by atoms with Gasteiger partial charge in [0, 0.05) is 36.2 Å². The van der Waals surface area contributed by atoms with Crippen molar-refractivity contribution in [3.8, 4) is 0 Å². The number of carbonyl (C=O) groups excluding carboxylic acids is 2. The summed E-state index contributed by atoms with van der Waals surface area (Å²) in [5, 5.41) is 14.9. The van der Waals surface area contributed by atoms with Crippen LogP contribution in [0.1, 0.15) is 23.6 Å². The summed E-state index contributed by atoms with van der Waals surface area (Å²) in [6.45, 7) is 10.6. The summed E-state index contributed by atoms with van der Waals surface area (Å²) in [5.41, 5.74) is 2.59. The molecule has 1 unspecified atom stereocenters. The number of nitro groups is 1. The maximum atomic E-state index is 13.0. The van der Waals surface area contributed by atoms with Gasteiger partial charge in [-0.2, -0.15) is 0 Å². The number of nitrogens with zero attached hydrogens (tertiary/aromatic N) is 2. The normalized spacial score (nSPS) is 16.1. The first kappa shape index (κ1) is 22.7. The van der Waals surface area contributed by atoms with Gasteiger partial charge >= 0.3 is 0 Å². The van der Waals surface area contributed by atoms with E-state index in [0.717, 1.165) is 16.0 Å². The Kier molecular flexibility index (Phi) is 6.92. The predicted molar refractivity (Wildman–Crippen MR) is 121 cm³/mol. The molecule has 1 saturated heterocycles. The molecular formula is C23H25N3O4S. The van der Waals surface area contributed by atoms with Gasteiger partial charge in [0.1, 0.15) is 6.04 Å². The Hall–Kier alpha value is -2.97. The summed E-state index contributed by atoms with van der Waals surface area (Å²) in [4.78, 5) is 39.2. The minimum absolute atomic E-state index is 0.0835. The lowest BCUT2D eigenvalue weighted by atomic mass is 10.0. The van der Waals surface area contributed by atoms with Crippen molar-refractivity contribution in [1.29, 1.82) is 0 Å². The lowest BCUT2D eigenvalue weighted by Gasteiger charge is -2.35. The van der Waals surface area contributed by atoms with Crippen LogP contribution in [0.5, 0.6) is 0 Å². The molecule has 31 heavy (non-hydrogen) atoms. The summed E-state index contributed by atoms with van der Waals surface area (Å²) in [7, 11) is 0. The molecule has 8 heteroatoms. The molecule has 1 N–H and O–H groups in total. The first-order valence-electron chi connectivity index (χ1n) is 9.94. The van der Waals surface area contributed by atoms with E-state index in [4.69, 9.17) is 0 Å². The van der Waals surface area contributed by atoms with Crippen LogP contribution in [0.3, 0.4) is 0 Å². The maximum Gasteiger partial charge on any atom is 0.283 e. The van der Waals surface area contributed by atoms with Gasteiger partial charge in [-0.25, -0.2) is 0 Å². The fourth-order valence-corrected chi connectivity index (χ4v) is 4.54. The number of hydrogen-bond donors (Lipinski definition) is 1. The molecular weight excluding hydrogens is 414 g/mol. The zero-order valence-corrected chi connectivity index (χ0v) is 18.6. The Morgan fingerprint density at radius 3 is 2.55 bits per heavy atom. The first-order chi connectivity index (χ1) is 14.7. The Morgan fingerprint density at radius 2 is 1.90 bits per heavy atom. The van der Waals surface area contributed by atoms with Gasteiger partial charge in [-0.1, -0.05) is 42.1 Å². The van der Waals surface area contributed by atoms with Gasteiger partial charge in [0.05, 0.1) is 9.82 Å². The average Bonchev–Trinajstić information content (AvgIpc) is 2.74. The van der Waals surface area contributed by atoms with Gasteiger partial charge in [0.15, 0.2) is 5.78 Å². The van der Waals surface area contributed by atoms with Crippen molar-refractivity contribution in [2.24, 2.45) is 0 Å². The highest BCUT2D eigenvalue weighted by Gasteiger charge is 2.31. The minimum atomic E-state index is -0.563. The summed E-state index contributed by atoms with van der Waals surface area (Å²) >= 11 is 1.32. The van der Waals surface area contributed by atoms with E-state index in [2.05, 4.69) is 11.9 Å². The van der Waals surface area contributed by atoms with E-state index in [1.165, 1.54) is 29.7 Å². The van der Waals surface area contributed by atoms with Gasteiger partial charge in [0.2, 0.25) is 0 Å². The largest absolute Gasteiger partial charge is 0.326 e. The summed E-state index contributed by atoms with van der Waals surface area (Å²) in [6, 6.07) is 10.1. The van der Waals surface area contributed by atoms with Crippen molar-refractivity contribution in [2.75, 3.05) is 19.6 Å². The van der Waals surface area contributed by atoms with Crippen molar-refractivity contribution >= 4 is 34.7 Å². The van der Waals surface area contributed by atoms with E-state index in [0.29, 0.717) is 30.1 Å². The molecule has 162 valence electrons. The molecule has 3 rings (SSSR count). The van der Waals surface area contributed by atoms with E-state index in [9.17, 15) is 19.7 Å². The second kappa shape index (κ2) is 9.45. The zero-order valence-electron chi connectivity index (χ0n) is 17.8. The fourth-order valence-electron chi connectivity index (χ4n) is 3.57. The van der Waals surface area contributed by atoms with Crippen LogP contribution in [0.2, 0.25) is 0 Å². The van der Waals surface area contributed by atoms with Crippen LogP contribution in [-0.4, -0.2) is 47.2 Å². The molecule has 1 aliphatic rings. The highest BCUT2D eigenvalue weighted by Crippen LogP contribution is 2.38. The van der Waals surface area contributed by atoms with Crippen molar-refractivity contribution in [1.82, 2.24) is 10.2 Å². The number of carbonyl (C=O) groups is 2. The van der Waals surface area contributed by atoms with Crippen molar-refractivity contribution in [3.05, 3.63) is 69.8 Å². The molecule has 0 radical (unpaired) electrons. The predicted octanol–water partition coefficient (Wildman–Crippen LogP) is 3.77. The SMILES string of the molecule is C=C(C(=O)N1CCNCC1C(C)=O)c1ccc(Sc2ccc(C)cc2C)c([N+](=O)[O-])c1.